The Kier molecular flexibility index (Phi) is 10.1. The van der Waals surface area contributed by atoms with Crippen LogP contribution in [0.4, 0.5) is 11.5 Å². The number of pyridine rings is 1. The Morgan fingerprint density at radius 1 is 1.22 bits per heavy atom. The molecule has 0 amide bonds. The lowest BCUT2D eigenvalue weighted by atomic mass is 9.95. The molecule has 32 heavy (non-hydrogen) atoms. The molecule has 1 aromatic rings. The summed E-state index contributed by atoms with van der Waals surface area (Å²) in [5, 5.41) is 13.3. The molecule has 0 spiro atoms. The second-order valence-corrected chi connectivity index (χ2v) is 9.05. The molecule has 0 aromatic carbocycles. The first kappa shape index (κ1) is 24.4. The Hall–Kier alpha value is -2.27. The van der Waals surface area contributed by atoms with E-state index in [1.807, 2.05) is 6.20 Å². The van der Waals surface area contributed by atoms with Gasteiger partial charge in [-0.25, -0.2) is 4.98 Å². The van der Waals surface area contributed by atoms with Gasteiger partial charge in [0.1, 0.15) is 5.82 Å². The molecular weight excluding hydrogens is 396 g/mol. The summed E-state index contributed by atoms with van der Waals surface area (Å²) in [5.74, 6) is 1.66. The van der Waals surface area contributed by atoms with E-state index in [0.717, 1.165) is 56.3 Å². The minimum atomic E-state index is 0.171. The van der Waals surface area contributed by atoms with Crippen LogP contribution in [0.2, 0.25) is 0 Å². The highest BCUT2D eigenvalue weighted by atomic mass is 16.3. The molecule has 4 bridgehead atoms. The Balaban J connectivity index is 1.84. The van der Waals surface area contributed by atoms with E-state index in [4.69, 9.17) is 0 Å². The number of piperidine rings is 1. The number of nitrogens with one attached hydrogen (secondary N) is 1. The monoisotopic (exact) mass is 438 g/mol. The van der Waals surface area contributed by atoms with Gasteiger partial charge in [0.2, 0.25) is 0 Å². The van der Waals surface area contributed by atoms with Gasteiger partial charge >= 0.3 is 0 Å². The molecule has 2 unspecified atom stereocenters. The molecule has 1 aromatic heterocycles. The van der Waals surface area contributed by atoms with Crippen molar-refractivity contribution >= 4 is 11.5 Å². The van der Waals surface area contributed by atoms with Gasteiger partial charge in [-0.1, -0.05) is 38.0 Å². The van der Waals surface area contributed by atoms with Crippen molar-refractivity contribution in [3.8, 4) is 0 Å². The summed E-state index contributed by atoms with van der Waals surface area (Å²) in [6, 6.07) is 4.61. The smallest absolute Gasteiger partial charge is 0.128 e. The molecule has 2 aliphatic rings. The third kappa shape index (κ3) is 7.40. The fraction of sp³-hybridized carbons (Fsp3) is 0.593. The second-order valence-electron chi connectivity index (χ2n) is 9.05. The van der Waals surface area contributed by atoms with E-state index in [2.05, 4.69) is 76.5 Å². The summed E-state index contributed by atoms with van der Waals surface area (Å²) in [6.45, 7) is 8.28. The number of β-amino-alcohol motifs (C(OH)–C–C–N with tert-alkyl or cyclic N) is 1. The number of aromatic nitrogens is 1. The van der Waals surface area contributed by atoms with Crippen LogP contribution in [0.15, 0.2) is 54.4 Å². The molecule has 2 atom stereocenters. The zero-order valence-electron chi connectivity index (χ0n) is 20.0. The molecule has 0 saturated carbocycles. The largest absolute Gasteiger partial charge is 0.395 e. The van der Waals surface area contributed by atoms with Crippen molar-refractivity contribution in [1.82, 2.24) is 9.88 Å². The van der Waals surface area contributed by atoms with Gasteiger partial charge in [-0.05, 0) is 63.2 Å². The van der Waals surface area contributed by atoms with E-state index in [0.29, 0.717) is 12.6 Å². The van der Waals surface area contributed by atoms with Crippen molar-refractivity contribution < 1.29 is 5.11 Å². The third-order valence-corrected chi connectivity index (χ3v) is 6.73. The van der Waals surface area contributed by atoms with Gasteiger partial charge in [0.05, 0.1) is 6.61 Å². The number of aliphatic hydroxyl groups excluding tert-OH is 1. The van der Waals surface area contributed by atoms with Gasteiger partial charge in [-0.3, -0.25) is 0 Å². The number of hydrogen-bond acceptors (Lipinski definition) is 5. The van der Waals surface area contributed by atoms with E-state index in [-0.39, 0.29) is 6.61 Å². The molecule has 176 valence electrons. The molecule has 3 rings (SSSR count). The first-order valence-corrected chi connectivity index (χ1v) is 12.6. The highest BCUT2D eigenvalue weighted by Crippen LogP contribution is 2.24. The van der Waals surface area contributed by atoms with Crippen LogP contribution in [0.25, 0.3) is 0 Å². The van der Waals surface area contributed by atoms with Gasteiger partial charge < -0.3 is 20.2 Å². The molecule has 2 N–H and O–H groups in total. The fourth-order valence-electron chi connectivity index (χ4n) is 4.84. The van der Waals surface area contributed by atoms with E-state index in [1.165, 1.54) is 31.4 Å². The standard InChI is InChI=1S/C27H42N4O/c1-3-10-25-13-8-6-5-7-11-23(4-2)15-18-30(19-20-32)26-14-16-28-27(21-26)29-24-12-9-17-31(25)22-24/h3,6,8,10,13-14,16,21,23-24,32H,4-5,7,9,11-12,15,17-20,22H2,1-2H3,(H,28,29)/b8-6+,10-3-,25-13+. The van der Waals surface area contributed by atoms with Crippen LogP contribution in [0.1, 0.15) is 58.8 Å². The number of hydrogen-bond donors (Lipinski definition) is 2. The quantitative estimate of drug-likeness (QED) is 0.662. The third-order valence-electron chi connectivity index (χ3n) is 6.73. The predicted molar refractivity (Wildman–Crippen MR) is 136 cm³/mol. The van der Waals surface area contributed by atoms with Crippen molar-refractivity contribution in [2.45, 2.75) is 64.8 Å². The first-order valence-electron chi connectivity index (χ1n) is 12.6. The zero-order valence-corrected chi connectivity index (χ0v) is 20.0. The molecule has 5 nitrogen and oxygen atoms in total. The first-order chi connectivity index (χ1) is 15.7. The van der Waals surface area contributed by atoms with Gasteiger partial charge in [0.25, 0.3) is 0 Å². The van der Waals surface area contributed by atoms with Crippen LogP contribution in [0.5, 0.6) is 0 Å². The lowest BCUT2D eigenvalue weighted by Crippen LogP contribution is -2.41. The normalized spacial score (nSPS) is 26.0. The Labute approximate surface area is 194 Å². The minimum absolute atomic E-state index is 0.171. The second kappa shape index (κ2) is 13.3. The number of aliphatic hydroxyl groups is 1. The summed E-state index contributed by atoms with van der Waals surface area (Å²) in [4.78, 5) is 9.42. The van der Waals surface area contributed by atoms with Crippen molar-refractivity contribution in [3.63, 3.8) is 0 Å². The maximum atomic E-state index is 9.66. The molecule has 3 heterocycles. The van der Waals surface area contributed by atoms with Crippen molar-refractivity contribution in [1.29, 1.82) is 0 Å². The molecule has 0 aliphatic carbocycles. The lowest BCUT2D eigenvalue weighted by Gasteiger charge is -2.36. The molecule has 2 aliphatic heterocycles. The number of allylic oxidation sites excluding steroid dienone is 5. The molecule has 1 saturated heterocycles. The summed E-state index contributed by atoms with van der Waals surface area (Å²) in [7, 11) is 0. The highest BCUT2D eigenvalue weighted by molar-refractivity contribution is 5.54. The minimum Gasteiger partial charge on any atom is -0.395 e. The summed E-state index contributed by atoms with van der Waals surface area (Å²) >= 11 is 0. The lowest BCUT2D eigenvalue weighted by molar-refractivity contribution is 0.276. The predicted octanol–water partition coefficient (Wildman–Crippen LogP) is 5.37. The average molecular weight is 439 g/mol. The number of anilines is 2. The zero-order chi connectivity index (χ0) is 22.6. The Morgan fingerprint density at radius 2 is 2.12 bits per heavy atom. The SMILES string of the molecule is C\C=C/C1=C\C=C\CCCC(CC)CCN(CCO)c2ccnc(c2)NC2CCCN1C2. The van der Waals surface area contributed by atoms with Gasteiger partial charge in [-0.15, -0.1) is 0 Å². The van der Waals surface area contributed by atoms with Crippen LogP contribution < -0.4 is 10.2 Å². The van der Waals surface area contributed by atoms with Crippen molar-refractivity contribution in [3.05, 3.63) is 54.4 Å². The van der Waals surface area contributed by atoms with E-state index in [9.17, 15) is 5.11 Å². The maximum Gasteiger partial charge on any atom is 0.128 e. The molecule has 5 heteroatoms. The van der Waals surface area contributed by atoms with Gasteiger partial charge in [-0.2, -0.15) is 0 Å². The Morgan fingerprint density at radius 3 is 2.94 bits per heavy atom. The molecular formula is C27H42N4O. The maximum absolute atomic E-state index is 9.66. The topological polar surface area (TPSA) is 51.6 Å². The summed E-state index contributed by atoms with van der Waals surface area (Å²) in [5.41, 5.74) is 2.44. The van der Waals surface area contributed by atoms with Crippen LogP contribution in [0, 0.1) is 5.92 Å². The Bertz CT molecular complexity index is 773. The van der Waals surface area contributed by atoms with Gasteiger partial charge in [0, 0.05) is 55.9 Å². The number of nitrogens with zero attached hydrogens (tertiary/aromatic N) is 3. The van der Waals surface area contributed by atoms with Crippen LogP contribution >= 0.6 is 0 Å². The average Bonchev–Trinajstić information content (AvgIpc) is 2.81. The van der Waals surface area contributed by atoms with Gasteiger partial charge in [0.15, 0.2) is 0 Å². The fourth-order valence-corrected chi connectivity index (χ4v) is 4.84. The number of rotatable bonds is 4. The van der Waals surface area contributed by atoms with E-state index >= 15 is 0 Å². The van der Waals surface area contributed by atoms with Crippen LogP contribution in [-0.2, 0) is 0 Å². The number of fused-ring (bicyclic) bond motifs is 4. The highest BCUT2D eigenvalue weighted by Gasteiger charge is 2.21. The van der Waals surface area contributed by atoms with Crippen molar-refractivity contribution in [2.75, 3.05) is 43.0 Å². The van der Waals surface area contributed by atoms with E-state index < -0.39 is 0 Å². The van der Waals surface area contributed by atoms with Crippen LogP contribution in [0.3, 0.4) is 0 Å². The van der Waals surface area contributed by atoms with Crippen molar-refractivity contribution in [2.24, 2.45) is 5.92 Å². The van der Waals surface area contributed by atoms with E-state index in [1.54, 1.807) is 0 Å². The summed E-state index contributed by atoms with van der Waals surface area (Å²) in [6.07, 6.45) is 21.4. The van der Waals surface area contributed by atoms with Crippen LogP contribution in [-0.4, -0.2) is 53.8 Å². The molecule has 0 radical (unpaired) electrons. The molecule has 1 fully saturated rings. The summed E-state index contributed by atoms with van der Waals surface area (Å²) < 4.78 is 0.